The lowest BCUT2D eigenvalue weighted by Crippen LogP contribution is -2.40. The van der Waals surface area contributed by atoms with Gasteiger partial charge >= 0.3 is 0 Å². The predicted molar refractivity (Wildman–Crippen MR) is 76.4 cm³/mol. The van der Waals surface area contributed by atoms with Crippen LogP contribution in [-0.2, 0) is 10.2 Å². The van der Waals surface area contributed by atoms with Gasteiger partial charge in [-0.2, -0.15) is 0 Å². The Hall–Kier alpha value is -2.23. The minimum atomic E-state index is -0.238. The van der Waals surface area contributed by atoms with E-state index < -0.39 is 0 Å². The van der Waals surface area contributed by atoms with E-state index in [1.54, 1.807) is 0 Å². The van der Waals surface area contributed by atoms with E-state index in [1.807, 2.05) is 25.4 Å². The highest BCUT2D eigenvalue weighted by Crippen LogP contribution is 2.51. The Morgan fingerprint density at radius 2 is 1.90 bits per heavy atom. The molecule has 2 aromatic rings. The van der Waals surface area contributed by atoms with Gasteiger partial charge in [0.15, 0.2) is 0 Å². The van der Waals surface area contributed by atoms with Crippen LogP contribution in [0.5, 0.6) is 0 Å². The number of aryl methyl sites for hydroxylation is 1. The van der Waals surface area contributed by atoms with Crippen LogP contribution in [0.1, 0.15) is 30.7 Å². The number of benzene rings is 1. The molecule has 0 saturated heterocycles. The Bertz CT molecular complexity index is 702. The highest BCUT2D eigenvalue weighted by molar-refractivity contribution is 6.07. The van der Waals surface area contributed by atoms with Gasteiger partial charge in [-0.15, -0.1) is 0 Å². The minimum Gasteiger partial charge on any atom is -0.325 e. The first kappa shape index (κ1) is 11.6. The molecule has 4 rings (SSSR count). The van der Waals surface area contributed by atoms with Crippen molar-refractivity contribution in [3.05, 3.63) is 42.0 Å². The Morgan fingerprint density at radius 1 is 1.15 bits per heavy atom. The number of carbonyl (C=O) groups is 1. The van der Waals surface area contributed by atoms with Gasteiger partial charge in [0.05, 0.1) is 5.41 Å². The first-order valence-corrected chi connectivity index (χ1v) is 6.94. The van der Waals surface area contributed by atoms with E-state index in [0.29, 0.717) is 0 Å². The fraction of sp³-hybridized carbons (Fsp3) is 0.312. The molecular formula is C16H15N3O. The average molecular weight is 265 g/mol. The number of hydrogen-bond donors (Lipinski definition) is 1. The zero-order valence-corrected chi connectivity index (χ0v) is 11.3. The number of nitrogens with one attached hydrogen (secondary N) is 1. The molecular weight excluding hydrogens is 250 g/mol. The second kappa shape index (κ2) is 3.88. The molecule has 1 N–H and O–H groups in total. The van der Waals surface area contributed by atoms with Gasteiger partial charge < -0.3 is 5.32 Å². The van der Waals surface area contributed by atoms with E-state index in [1.165, 1.54) is 0 Å². The van der Waals surface area contributed by atoms with Crippen LogP contribution in [0, 0.1) is 6.92 Å². The van der Waals surface area contributed by atoms with Crippen LogP contribution in [0.15, 0.2) is 30.6 Å². The van der Waals surface area contributed by atoms with Gasteiger partial charge in [0, 0.05) is 23.6 Å². The molecule has 4 heteroatoms. The molecule has 0 radical (unpaired) electrons. The summed E-state index contributed by atoms with van der Waals surface area (Å²) in [6, 6.07) is 6.18. The monoisotopic (exact) mass is 265 g/mol. The normalized spacial score (nSPS) is 18.6. The van der Waals surface area contributed by atoms with E-state index in [2.05, 4.69) is 27.4 Å². The maximum absolute atomic E-state index is 12.2. The fourth-order valence-electron chi connectivity index (χ4n) is 3.18. The van der Waals surface area contributed by atoms with Crippen molar-refractivity contribution in [1.82, 2.24) is 9.97 Å². The summed E-state index contributed by atoms with van der Waals surface area (Å²) < 4.78 is 0. The number of fused-ring (bicyclic) bond motifs is 2. The van der Waals surface area contributed by atoms with Crippen molar-refractivity contribution in [1.29, 1.82) is 0 Å². The van der Waals surface area contributed by atoms with Gasteiger partial charge in [0.2, 0.25) is 5.91 Å². The number of anilines is 1. The molecule has 1 saturated carbocycles. The van der Waals surface area contributed by atoms with Crippen LogP contribution in [0.4, 0.5) is 5.69 Å². The van der Waals surface area contributed by atoms with E-state index in [0.717, 1.165) is 47.5 Å². The molecule has 1 aliphatic carbocycles. The Morgan fingerprint density at radius 3 is 2.55 bits per heavy atom. The fourth-order valence-corrected chi connectivity index (χ4v) is 3.18. The highest BCUT2D eigenvalue weighted by atomic mass is 16.2. The summed E-state index contributed by atoms with van der Waals surface area (Å²) in [5.41, 5.74) is 3.89. The summed E-state index contributed by atoms with van der Waals surface area (Å²) in [5, 5.41) is 3.03. The Balaban J connectivity index is 1.78. The van der Waals surface area contributed by atoms with Crippen LogP contribution >= 0.6 is 0 Å². The van der Waals surface area contributed by atoms with Crippen molar-refractivity contribution >= 4 is 11.6 Å². The molecule has 2 aliphatic rings. The third kappa shape index (κ3) is 1.45. The van der Waals surface area contributed by atoms with E-state index in [4.69, 9.17) is 0 Å². The zero-order valence-electron chi connectivity index (χ0n) is 11.3. The molecule has 1 spiro atoms. The number of amides is 1. The number of aromatic nitrogens is 2. The minimum absolute atomic E-state index is 0.163. The lowest BCUT2D eigenvalue weighted by Gasteiger charge is -2.36. The van der Waals surface area contributed by atoms with Gasteiger partial charge in [-0.3, -0.25) is 4.79 Å². The first-order chi connectivity index (χ1) is 9.69. The topological polar surface area (TPSA) is 54.9 Å². The van der Waals surface area contributed by atoms with Crippen molar-refractivity contribution in [3.8, 4) is 11.1 Å². The number of rotatable bonds is 1. The molecule has 20 heavy (non-hydrogen) atoms. The van der Waals surface area contributed by atoms with Crippen LogP contribution in [0.3, 0.4) is 0 Å². The van der Waals surface area contributed by atoms with E-state index in [9.17, 15) is 4.79 Å². The molecule has 1 aromatic heterocycles. The molecule has 0 unspecified atom stereocenters. The lowest BCUT2D eigenvalue weighted by molar-refractivity contribution is -0.123. The molecule has 0 atom stereocenters. The molecule has 1 aromatic carbocycles. The molecule has 0 bridgehead atoms. The van der Waals surface area contributed by atoms with Crippen molar-refractivity contribution < 1.29 is 4.79 Å². The summed E-state index contributed by atoms with van der Waals surface area (Å²) >= 11 is 0. The van der Waals surface area contributed by atoms with Gasteiger partial charge in [-0.1, -0.05) is 18.6 Å². The third-order valence-corrected chi connectivity index (χ3v) is 4.54. The number of nitrogens with zero attached hydrogens (tertiary/aromatic N) is 2. The summed E-state index contributed by atoms with van der Waals surface area (Å²) in [5.74, 6) is 0.924. The van der Waals surface area contributed by atoms with Crippen molar-refractivity contribution in [2.75, 3.05) is 5.32 Å². The van der Waals surface area contributed by atoms with Crippen LogP contribution in [0.2, 0.25) is 0 Å². The van der Waals surface area contributed by atoms with Crippen LogP contribution in [0.25, 0.3) is 11.1 Å². The molecule has 1 fully saturated rings. The Labute approximate surface area is 117 Å². The van der Waals surface area contributed by atoms with E-state index in [-0.39, 0.29) is 11.3 Å². The summed E-state index contributed by atoms with van der Waals surface area (Å²) in [4.78, 5) is 20.6. The summed E-state index contributed by atoms with van der Waals surface area (Å²) in [6.07, 6.45) is 6.72. The quantitative estimate of drug-likeness (QED) is 0.862. The summed E-state index contributed by atoms with van der Waals surface area (Å²) in [6.45, 7) is 1.87. The Kier molecular flexibility index (Phi) is 2.25. The maximum atomic E-state index is 12.2. The molecule has 2 heterocycles. The highest BCUT2D eigenvalue weighted by Gasteiger charge is 2.50. The SMILES string of the molecule is Cc1ncc(-c2ccc3c(c2)NC(=O)C32CCC2)cn1. The smallest absolute Gasteiger partial charge is 0.235 e. The second-order valence-electron chi connectivity index (χ2n) is 5.67. The average Bonchev–Trinajstić information content (AvgIpc) is 2.70. The third-order valence-electron chi connectivity index (χ3n) is 4.54. The standard InChI is InChI=1S/C16H15N3O/c1-10-17-8-12(9-18-10)11-3-4-13-14(7-11)19-15(20)16(13)5-2-6-16/h3-4,7-9H,2,5-6H2,1H3,(H,19,20). The summed E-state index contributed by atoms with van der Waals surface area (Å²) in [7, 11) is 0. The number of carbonyl (C=O) groups excluding carboxylic acids is 1. The van der Waals surface area contributed by atoms with Crippen molar-refractivity contribution in [2.45, 2.75) is 31.6 Å². The van der Waals surface area contributed by atoms with Gasteiger partial charge in [-0.25, -0.2) is 9.97 Å². The van der Waals surface area contributed by atoms with Gasteiger partial charge in [0.1, 0.15) is 5.82 Å². The lowest BCUT2D eigenvalue weighted by atomic mass is 9.65. The van der Waals surface area contributed by atoms with E-state index >= 15 is 0 Å². The molecule has 1 aliphatic heterocycles. The second-order valence-corrected chi connectivity index (χ2v) is 5.67. The van der Waals surface area contributed by atoms with Crippen molar-refractivity contribution in [3.63, 3.8) is 0 Å². The van der Waals surface area contributed by atoms with Gasteiger partial charge in [0.25, 0.3) is 0 Å². The predicted octanol–water partition coefficient (Wildman–Crippen LogP) is 2.83. The first-order valence-electron chi connectivity index (χ1n) is 6.94. The maximum Gasteiger partial charge on any atom is 0.235 e. The van der Waals surface area contributed by atoms with Crippen molar-refractivity contribution in [2.24, 2.45) is 0 Å². The van der Waals surface area contributed by atoms with Crippen LogP contribution < -0.4 is 5.32 Å². The number of hydrogen-bond acceptors (Lipinski definition) is 3. The molecule has 4 nitrogen and oxygen atoms in total. The largest absolute Gasteiger partial charge is 0.325 e. The molecule has 1 amide bonds. The molecule has 100 valence electrons. The van der Waals surface area contributed by atoms with Crippen LogP contribution in [-0.4, -0.2) is 15.9 Å². The van der Waals surface area contributed by atoms with Gasteiger partial charge in [-0.05, 0) is 37.0 Å². The zero-order chi connectivity index (χ0) is 13.7.